The van der Waals surface area contributed by atoms with Crippen molar-refractivity contribution in [3.05, 3.63) is 61.5 Å². The van der Waals surface area contributed by atoms with Gasteiger partial charge in [-0.2, -0.15) is 0 Å². The minimum absolute atomic E-state index is 0.00142. The minimum atomic E-state index is -0.230. The van der Waals surface area contributed by atoms with Crippen LogP contribution in [0.15, 0.2) is 23.0 Å². The fourth-order valence-corrected chi connectivity index (χ4v) is 6.19. The van der Waals surface area contributed by atoms with E-state index in [0.29, 0.717) is 22.2 Å². The predicted octanol–water partition coefficient (Wildman–Crippen LogP) is 4.63. The molecule has 1 aliphatic carbocycles. The average Bonchev–Trinajstić information content (AvgIpc) is 2.86. The topological polar surface area (TPSA) is 80.5 Å². The molecule has 37 heavy (non-hydrogen) atoms. The second-order valence-corrected chi connectivity index (χ2v) is 11.5. The maximum absolute atomic E-state index is 13.2. The van der Waals surface area contributed by atoms with E-state index in [1.165, 1.54) is 12.8 Å². The van der Waals surface area contributed by atoms with Crippen molar-refractivity contribution in [1.82, 2.24) is 20.1 Å². The van der Waals surface area contributed by atoms with Crippen LogP contribution in [0.2, 0.25) is 5.02 Å². The average molecular weight is 528 g/mol. The van der Waals surface area contributed by atoms with Gasteiger partial charge in [0.15, 0.2) is 0 Å². The molecule has 0 atom stereocenters. The van der Waals surface area contributed by atoms with Gasteiger partial charge < -0.3 is 20.5 Å². The van der Waals surface area contributed by atoms with Crippen molar-refractivity contribution < 1.29 is 4.79 Å². The molecule has 2 fully saturated rings. The van der Waals surface area contributed by atoms with Gasteiger partial charge in [-0.25, -0.2) is 0 Å². The van der Waals surface area contributed by atoms with Crippen LogP contribution in [0.25, 0.3) is 0 Å². The van der Waals surface area contributed by atoms with Crippen molar-refractivity contribution in [1.29, 1.82) is 0 Å². The number of piperazine rings is 1. The largest absolute Gasteiger partial charge is 0.379 e. The van der Waals surface area contributed by atoms with Gasteiger partial charge in [-0.05, 0) is 89.2 Å². The van der Waals surface area contributed by atoms with Crippen LogP contribution >= 0.6 is 11.6 Å². The number of anilines is 1. The highest BCUT2D eigenvalue weighted by Gasteiger charge is 2.36. The number of rotatable bonds is 7. The molecule has 0 bridgehead atoms. The number of amides is 1. The summed E-state index contributed by atoms with van der Waals surface area (Å²) in [7, 11) is 2.20. The summed E-state index contributed by atoms with van der Waals surface area (Å²) in [6.07, 6.45) is 5.59. The van der Waals surface area contributed by atoms with Crippen molar-refractivity contribution >= 4 is 23.2 Å². The Hall–Kier alpha value is -2.35. The second kappa shape index (κ2) is 11.6. The first-order chi connectivity index (χ1) is 17.6. The van der Waals surface area contributed by atoms with Gasteiger partial charge in [0.2, 0.25) is 0 Å². The molecule has 2 aromatic rings. The van der Waals surface area contributed by atoms with Crippen LogP contribution in [-0.2, 0) is 6.54 Å². The number of H-pyrrole nitrogens is 1. The number of aryl methyl sites for hydroxylation is 2. The van der Waals surface area contributed by atoms with Gasteiger partial charge >= 0.3 is 0 Å². The molecule has 1 amide bonds. The van der Waals surface area contributed by atoms with Gasteiger partial charge in [0.05, 0.1) is 0 Å². The van der Waals surface area contributed by atoms with E-state index in [4.69, 9.17) is 11.6 Å². The molecule has 0 spiro atoms. The summed E-state index contributed by atoms with van der Waals surface area (Å²) in [5.74, 6) is -0.230. The summed E-state index contributed by atoms with van der Waals surface area (Å²) in [5, 5.41) is 7.29. The normalized spacial score (nSPS) is 23.1. The van der Waals surface area contributed by atoms with Gasteiger partial charge in [-0.1, -0.05) is 18.5 Å². The summed E-state index contributed by atoms with van der Waals surface area (Å²) in [6, 6.07) is 6.22. The number of carbonyl (C=O) groups is 1. The first-order valence-corrected chi connectivity index (χ1v) is 14.0. The molecule has 2 aliphatic rings. The monoisotopic (exact) mass is 527 g/mol. The van der Waals surface area contributed by atoms with Crippen LogP contribution in [0.3, 0.4) is 0 Å². The van der Waals surface area contributed by atoms with Gasteiger partial charge in [0, 0.05) is 71.8 Å². The molecule has 4 rings (SSSR count). The summed E-state index contributed by atoms with van der Waals surface area (Å²) in [5.41, 5.74) is 4.41. The fraction of sp³-hybridized carbons (Fsp3) is 0.586. The summed E-state index contributed by atoms with van der Waals surface area (Å²) < 4.78 is 0. The van der Waals surface area contributed by atoms with Gasteiger partial charge in [-0.3, -0.25) is 14.5 Å². The quantitative estimate of drug-likeness (QED) is 0.489. The Morgan fingerprint density at radius 2 is 1.78 bits per heavy atom. The van der Waals surface area contributed by atoms with Crippen molar-refractivity contribution in [2.45, 2.75) is 77.9 Å². The number of hydrogen-bond donors (Lipinski definition) is 3. The molecular formula is C29H42ClN5O2. The van der Waals surface area contributed by atoms with Crippen molar-refractivity contribution in [3.63, 3.8) is 0 Å². The van der Waals surface area contributed by atoms with E-state index >= 15 is 0 Å². The van der Waals surface area contributed by atoms with Crippen LogP contribution in [0.5, 0.6) is 0 Å². The number of carbonyl (C=O) groups excluding carboxylic acids is 1. The summed E-state index contributed by atoms with van der Waals surface area (Å²) in [4.78, 5) is 33.5. The Labute approximate surface area is 226 Å². The lowest BCUT2D eigenvalue weighted by Gasteiger charge is -2.46. The number of nitrogens with one attached hydrogen (secondary N) is 3. The molecule has 1 saturated heterocycles. The lowest BCUT2D eigenvalue weighted by Crippen LogP contribution is -2.52. The van der Waals surface area contributed by atoms with Crippen LogP contribution < -0.4 is 16.2 Å². The molecule has 2 heterocycles. The molecule has 3 N–H and O–H groups in total. The number of likely N-dealkylation sites (N-methyl/N-ethyl adjacent to an activating group) is 1. The van der Waals surface area contributed by atoms with Crippen LogP contribution in [0.1, 0.15) is 71.8 Å². The Bertz CT molecular complexity index is 1180. The number of benzene rings is 1. The molecular weight excluding hydrogens is 486 g/mol. The first kappa shape index (κ1) is 27.7. The van der Waals surface area contributed by atoms with E-state index in [-0.39, 0.29) is 23.6 Å². The Balaban J connectivity index is 1.45. The summed E-state index contributed by atoms with van der Waals surface area (Å²) >= 11 is 6.51. The first-order valence-electron chi connectivity index (χ1n) is 13.6. The Morgan fingerprint density at radius 1 is 1.11 bits per heavy atom. The lowest BCUT2D eigenvalue weighted by molar-refractivity contribution is 0.0782. The highest BCUT2D eigenvalue weighted by atomic mass is 35.5. The molecule has 0 radical (unpaired) electrons. The third-order valence-electron chi connectivity index (χ3n) is 8.58. The molecule has 1 aliphatic heterocycles. The van der Waals surface area contributed by atoms with E-state index in [2.05, 4.69) is 39.4 Å². The van der Waals surface area contributed by atoms with E-state index in [1.54, 1.807) is 6.07 Å². The van der Waals surface area contributed by atoms with E-state index in [1.807, 2.05) is 32.9 Å². The van der Waals surface area contributed by atoms with Crippen LogP contribution in [-0.4, -0.2) is 65.5 Å². The molecule has 202 valence electrons. The molecule has 1 saturated carbocycles. The maximum atomic E-state index is 13.2. The maximum Gasteiger partial charge on any atom is 0.253 e. The number of aromatic nitrogens is 1. The fourth-order valence-electron chi connectivity index (χ4n) is 5.97. The zero-order valence-electron chi connectivity index (χ0n) is 23.0. The van der Waals surface area contributed by atoms with Crippen LogP contribution in [0, 0.1) is 20.8 Å². The zero-order chi connectivity index (χ0) is 26.7. The van der Waals surface area contributed by atoms with Crippen LogP contribution in [0.4, 0.5) is 5.69 Å². The molecule has 8 heteroatoms. The zero-order valence-corrected chi connectivity index (χ0v) is 23.7. The van der Waals surface area contributed by atoms with E-state index < -0.39 is 0 Å². The minimum Gasteiger partial charge on any atom is -0.379 e. The number of aromatic amines is 1. The Kier molecular flexibility index (Phi) is 8.66. The van der Waals surface area contributed by atoms with Crippen molar-refractivity contribution in [2.24, 2.45) is 0 Å². The standard InChI is InChI=1S/C29H42ClN5O2/c1-6-29(9-7-23(8-10-29)35-13-11-34(5)12-14-35)33-26-17-22(30)16-24(21(26)4)27(36)31-18-25-19(2)15-20(3)32-28(25)37/h15-17,23,33H,6-14,18H2,1-5H3,(H,31,36)(H,32,37). The summed E-state index contributed by atoms with van der Waals surface area (Å²) in [6.45, 7) is 12.7. The molecule has 0 unspecified atom stereocenters. The van der Waals surface area contributed by atoms with Crippen molar-refractivity contribution in [2.75, 3.05) is 38.5 Å². The highest BCUT2D eigenvalue weighted by molar-refractivity contribution is 6.31. The molecule has 1 aromatic heterocycles. The molecule has 1 aromatic carbocycles. The Morgan fingerprint density at radius 3 is 2.41 bits per heavy atom. The number of pyridine rings is 1. The van der Waals surface area contributed by atoms with Crippen molar-refractivity contribution in [3.8, 4) is 0 Å². The van der Waals surface area contributed by atoms with Gasteiger partial charge in [-0.15, -0.1) is 0 Å². The smallest absolute Gasteiger partial charge is 0.253 e. The lowest BCUT2D eigenvalue weighted by atomic mass is 9.76. The number of hydrogen-bond acceptors (Lipinski definition) is 5. The van der Waals surface area contributed by atoms with Gasteiger partial charge in [0.25, 0.3) is 11.5 Å². The van der Waals surface area contributed by atoms with E-state index in [9.17, 15) is 9.59 Å². The number of nitrogens with zero attached hydrogens (tertiary/aromatic N) is 2. The predicted molar refractivity (Wildman–Crippen MR) is 152 cm³/mol. The third kappa shape index (κ3) is 6.39. The van der Waals surface area contributed by atoms with Gasteiger partial charge in [0.1, 0.15) is 0 Å². The highest BCUT2D eigenvalue weighted by Crippen LogP contribution is 2.38. The second-order valence-electron chi connectivity index (χ2n) is 11.1. The molecule has 7 nitrogen and oxygen atoms in total. The number of halogens is 1. The van der Waals surface area contributed by atoms with E-state index in [0.717, 1.165) is 67.9 Å². The SMILES string of the molecule is CCC1(Nc2cc(Cl)cc(C(=O)NCc3c(C)cc(C)[nH]c3=O)c2C)CCC(N2CCN(C)CC2)CC1. The third-order valence-corrected chi connectivity index (χ3v) is 8.80.